The van der Waals surface area contributed by atoms with Gasteiger partial charge in [0, 0.05) is 6.04 Å². The molecule has 1 aliphatic rings. The summed E-state index contributed by atoms with van der Waals surface area (Å²) in [5, 5.41) is 0. The fraction of sp³-hybridized carbons (Fsp3) is 0.538. The zero-order chi connectivity index (χ0) is 10.3. The van der Waals surface area contributed by atoms with E-state index in [1.54, 1.807) is 0 Å². The molecule has 0 saturated heterocycles. The second-order valence-electron chi connectivity index (χ2n) is 4.71. The Bertz CT molecular complexity index is 341. The predicted octanol–water partition coefficient (Wildman–Crippen LogP) is 2.75. The van der Waals surface area contributed by atoms with Gasteiger partial charge in [-0.15, -0.1) is 0 Å². The van der Waals surface area contributed by atoms with Gasteiger partial charge in [0.15, 0.2) is 0 Å². The molecule has 0 heterocycles. The molecule has 14 heavy (non-hydrogen) atoms. The second-order valence-corrected chi connectivity index (χ2v) is 4.71. The highest BCUT2D eigenvalue weighted by atomic mass is 14.7. The van der Waals surface area contributed by atoms with Crippen molar-refractivity contribution in [3.63, 3.8) is 0 Å². The largest absolute Gasteiger partial charge is 0.328 e. The maximum absolute atomic E-state index is 5.89. The van der Waals surface area contributed by atoms with Crippen LogP contribution in [0.25, 0.3) is 0 Å². The lowest BCUT2D eigenvalue weighted by molar-refractivity contribution is 0.631. The van der Waals surface area contributed by atoms with Crippen LogP contribution in [0.15, 0.2) is 18.2 Å². The molecular weight excluding hydrogens is 170 g/mol. The number of hydrogen-bond acceptors (Lipinski definition) is 1. The minimum absolute atomic E-state index is 0.349. The molecule has 0 radical (unpaired) electrons. The van der Waals surface area contributed by atoms with E-state index in [9.17, 15) is 0 Å². The van der Waals surface area contributed by atoms with Crippen molar-refractivity contribution in [2.45, 2.75) is 39.2 Å². The standard InChI is InChI=1S/C13H19N/c1-8-4-5-11(6-9(8)2)13-7-12(13)10(3)14/h4-6,10,12-13H,7,14H2,1-3H3/t10-,12-,13-/m0/s1. The van der Waals surface area contributed by atoms with Gasteiger partial charge in [-0.25, -0.2) is 0 Å². The number of rotatable bonds is 2. The maximum atomic E-state index is 5.89. The van der Waals surface area contributed by atoms with Gasteiger partial charge in [-0.05, 0) is 55.7 Å². The van der Waals surface area contributed by atoms with Gasteiger partial charge in [0.1, 0.15) is 0 Å². The Kier molecular flexibility index (Phi) is 2.36. The van der Waals surface area contributed by atoms with Gasteiger partial charge >= 0.3 is 0 Å². The Morgan fingerprint density at radius 3 is 2.50 bits per heavy atom. The van der Waals surface area contributed by atoms with Gasteiger partial charge in [0.2, 0.25) is 0 Å². The topological polar surface area (TPSA) is 26.0 Å². The number of benzene rings is 1. The van der Waals surface area contributed by atoms with E-state index in [1.165, 1.54) is 23.1 Å². The highest BCUT2D eigenvalue weighted by Gasteiger charge is 2.40. The summed E-state index contributed by atoms with van der Waals surface area (Å²) in [6.07, 6.45) is 1.28. The van der Waals surface area contributed by atoms with E-state index in [0.29, 0.717) is 6.04 Å². The Morgan fingerprint density at radius 2 is 2.00 bits per heavy atom. The predicted molar refractivity (Wildman–Crippen MR) is 60.4 cm³/mol. The summed E-state index contributed by atoms with van der Waals surface area (Å²) in [5.41, 5.74) is 10.2. The molecule has 1 heteroatoms. The van der Waals surface area contributed by atoms with Crippen LogP contribution in [0.3, 0.4) is 0 Å². The van der Waals surface area contributed by atoms with Crippen molar-refractivity contribution in [3.05, 3.63) is 34.9 Å². The summed E-state index contributed by atoms with van der Waals surface area (Å²) in [7, 11) is 0. The Labute approximate surface area is 86.3 Å². The molecule has 0 bridgehead atoms. The van der Waals surface area contributed by atoms with Crippen LogP contribution in [0.4, 0.5) is 0 Å². The molecule has 0 aliphatic heterocycles. The van der Waals surface area contributed by atoms with Crippen molar-refractivity contribution in [2.24, 2.45) is 11.7 Å². The first-order valence-electron chi connectivity index (χ1n) is 5.42. The zero-order valence-corrected chi connectivity index (χ0v) is 9.25. The van der Waals surface area contributed by atoms with Crippen LogP contribution in [-0.4, -0.2) is 6.04 Å². The lowest BCUT2D eigenvalue weighted by Crippen LogP contribution is -2.17. The number of aryl methyl sites for hydroxylation is 2. The Balaban J connectivity index is 2.16. The molecule has 76 valence electrons. The van der Waals surface area contributed by atoms with Crippen LogP contribution in [-0.2, 0) is 0 Å². The van der Waals surface area contributed by atoms with Crippen LogP contribution in [0.2, 0.25) is 0 Å². The van der Waals surface area contributed by atoms with Crippen molar-refractivity contribution in [2.75, 3.05) is 0 Å². The Hall–Kier alpha value is -0.820. The highest BCUT2D eigenvalue weighted by molar-refractivity contribution is 5.35. The molecule has 0 spiro atoms. The van der Waals surface area contributed by atoms with Crippen molar-refractivity contribution in [1.29, 1.82) is 0 Å². The van der Waals surface area contributed by atoms with Gasteiger partial charge in [0.25, 0.3) is 0 Å². The van der Waals surface area contributed by atoms with Gasteiger partial charge in [-0.2, -0.15) is 0 Å². The third kappa shape index (κ3) is 1.69. The van der Waals surface area contributed by atoms with Crippen molar-refractivity contribution in [1.82, 2.24) is 0 Å². The van der Waals surface area contributed by atoms with Gasteiger partial charge in [-0.1, -0.05) is 18.2 Å². The maximum Gasteiger partial charge on any atom is 0.00448 e. The molecule has 1 aromatic rings. The molecule has 0 amide bonds. The average molecular weight is 189 g/mol. The zero-order valence-electron chi connectivity index (χ0n) is 9.25. The van der Waals surface area contributed by atoms with E-state index in [4.69, 9.17) is 5.73 Å². The van der Waals surface area contributed by atoms with E-state index in [-0.39, 0.29) is 0 Å². The number of hydrogen-bond donors (Lipinski definition) is 1. The fourth-order valence-electron chi connectivity index (χ4n) is 2.17. The summed E-state index contributed by atoms with van der Waals surface area (Å²) < 4.78 is 0. The summed E-state index contributed by atoms with van der Waals surface area (Å²) >= 11 is 0. The summed E-state index contributed by atoms with van der Waals surface area (Å²) in [6, 6.07) is 7.15. The van der Waals surface area contributed by atoms with Crippen LogP contribution >= 0.6 is 0 Å². The molecule has 1 saturated carbocycles. The minimum atomic E-state index is 0.349. The van der Waals surface area contributed by atoms with Crippen molar-refractivity contribution in [3.8, 4) is 0 Å². The molecule has 0 unspecified atom stereocenters. The lowest BCUT2D eigenvalue weighted by atomic mass is 10.0. The van der Waals surface area contributed by atoms with Gasteiger partial charge in [-0.3, -0.25) is 0 Å². The average Bonchev–Trinajstić information content (AvgIpc) is 2.89. The molecule has 3 atom stereocenters. The Morgan fingerprint density at radius 1 is 1.29 bits per heavy atom. The molecule has 1 nitrogen and oxygen atoms in total. The van der Waals surface area contributed by atoms with Crippen LogP contribution in [0.5, 0.6) is 0 Å². The first kappa shape index (κ1) is 9.72. The lowest BCUT2D eigenvalue weighted by Gasteiger charge is -2.06. The first-order valence-corrected chi connectivity index (χ1v) is 5.42. The molecule has 2 rings (SSSR count). The first-order chi connectivity index (χ1) is 6.59. The minimum Gasteiger partial charge on any atom is -0.328 e. The number of nitrogens with two attached hydrogens (primary N) is 1. The molecule has 2 N–H and O–H groups in total. The SMILES string of the molecule is Cc1ccc([C@@H]2C[C@H]2[C@H](C)N)cc1C. The smallest absolute Gasteiger partial charge is 0.00448 e. The van der Waals surface area contributed by atoms with E-state index in [0.717, 1.165) is 11.8 Å². The summed E-state index contributed by atoms with van der Waals surface area (Å²) in [6.45, 7) is 6.46. The normalized spacial score (nSPS) is 27.4. The summed E-state index contributed by atoms with van der Waals surface area (Å²) in [4.78, 5) is 0. The molecular formula is C13H19N. The van der Waals surface area contributed by atoms with Crippen molar-refractivity contribution >= 4 is 0 Å². The van der Waals surface area contributed by atoms with Gasteiger partial charge < -0.3 is 5.73 Å². The molecule has 0 aromatic heterocycles. The van der Waals surface area contributed by atoms with E-state index in [1.807, 2.05) is 0 Å². The molecule has 1 aliphatic carbocycles. The van der Waals surface area contributed by atoms with E-state index >= 15 is 0 Å². The highest BCUT2D eigenvalue weighted by Crippen LogP contribution is 2.49. The van der Waals surface area contributed by atoms with Crippen LogP contribution in [0, 0.1) is 19.8 Å². The van der Waals surface area contributed by atoms with Crippen LogP contribution in [0.1, 0.15) is 36.0 Å². The third-order valence-electron chi connectivity index (χ3n) is 3.47. The molecule has 1 aromatic carbocycles. The quantitative estimate of drug-likeness (QED) is 0.760. The van der Waals surface area contributed by atoms with Gasteiger partial charge in [0.05, 0.1) is 0 Å². The fourth-order valence-corrected chi connectivity index (χ4v) is 2.17. The van der Waals surface area contributed by atoms with E-state index in [2.05, 4.69) is 39.0 Å². The summed E-state index contributed by atoms with van der Waals surface area (Å²) in [5.74, 6) is 1.45. The second kappa shape index (κ2) is 3.39. The van der Waals surface area contributed by atoms with Crippen molar-refractivity contribution < 1.29 is 0 Å². The molecule has 1 fully saturated rings. The van der Waals surface area contributed by atoms with Crippen LogP contribution < -0.4 is 5.73 Å². The third-order valence-corrected chi connectivity index (χ3v) is 3.47. The monoisotopic (exact) mass is 189 g/mol. The van der Waals surface area contributed by atoms with E-state index < -0.39 is 0 Å².